The van der Waals surface area contributed by atoms with Crippen molar-refractivity contribution in [1.29, 1.82) is 0 Å². The maximum Gasteiger partial charge on any atom is 0.236 e. The van der Waals surface area contributed by atoms with E-state index in [2.05, 4.69) is 0 Å². The number of hydrogen-bond acceptors (Lipinski definition) is 4. The average Bonchev–Trinajstić information content (AvgIpc) is 2.80. The quantitative estimate of drug-likeness (QED) is 0.789. The molecule has 1 aromatic heterocycles. The Bertz CT molecular complexity index is 338. The highest BCUT2D eigenvalue weighted by Gasteiger charge is 2.16. The molecule has 1 N–H and O–H groups in total. The highest BCUT2D eigenvalue weighted by Crippen LogP contribution is 2.04. The van der Waals surface area contributed by atoms with E-state index in [4.69, 9.17) is 9.52 Å². The fourth-order valence-corrected chi connectivity index (χ4v) is 1.35. The number of carbonyl (C=O) groups excluding carboxylic acids is 1. The van der Waals surface area contributed by atoms with E-state index in [-0.39, 0.29) is 18.6 Å². The van der Waals surface area contributed by atoms with Gasteiger partial charge in [0.05, 0.1) is 26.0 Å². The van der Waals surface area contributed by atoms with Crippen LogP contribution in [-0.4, -0.2) is 54.1 Å². The first kappa shape index (κ1) is 13.7. The summed E-state index contributed by atoms with van der Waals surface area (Å²) in [7, 11) is 3.56. The Balaban J connectivity index is 2.42. The Morgan fingerprint density at radius 1 is 1.53 bits per heavy atom. The lowest BCUT2D eigenvalue weighted by Gasteiger charge is -2.25. The minimum Gasteiger partial charge on any atom is -0.467 e. The molecule has 0 aliphatic heterocycles. The maximum atomic E-state index is 11.9. The summed E-state index contributed by atoms with van der Waals surface area (Å²) >= 11 is 0. The molecule has 0 aliphatic carbocycles. The van der Waals surface area contributed by atoms with Gasteiger partial charge in [0.2, 0.25) is 5.91 Å². The van der Waals surface area contributed by atoms with Crippen LogP contribution < -0.4 is 0 Å². The van der Waals surface area contributed by atoms with Crippen molar-refractivity contribution in [3.05, 3.63) is 24.2 Å². The minimum atomic E-state index is -0.0176. The molecule has 1 rings (SSSR count). The zero-order valence-corrected chi connectivity index (χ0v) is 10.6. The zero-order valence-electron chi connectivity index (χ0n) is 10.6. The molecule has 0 spiro atoms. The Morgan fingerprint density at radius 3 is 2.76 bits per heavy atom. The van der Waals surface area contributed by atoms with Crippen LogP contribution in [0, 0.1) is 0 Å². The molecule has 0 saturated heterocycles. The molecule has 1 atom stereocenters. The second kappa shape index (κ2) is 6.42. The molecular formula is C12H20N2O3. The van der Waals surface area contributed by atoms with Gasteiger partial charge in [-0.05, 0) is 26.1 Å². The molecule has 0 radical (unpaired) electrons. The van der Waals surface area contributed by atoms with Gasteiger partial charge in [0.25, 0.3) is 0 Å². The van der Waals surface area contributed by atoms with Crippen LogP contribution in [0.4, 0.5) is 0 Å². The van der Waals surface area contributed by atoms with Gasteiger partial charge in [-0.1, -0.05) is 0 Å². The van der Waals surface area contributed by atoms with Gasteiger partial charge in [-0.25, -0.2) is 0 Å². The first-order chi connectivity index (χ1) is 8.04. The summed E-state index contributed by atoms with van der Waals surface area (Å²) < 4.78 is 5.18. The molecular weight excluding hydrogens is 220 g/mol. The number of nitrogens with zero attached hydrogens (tertiary/aromatic N) is 2. The standard InChI is InChI=1S/C12H20N2O3/c1-10(9-15)13(2)8-12(16)14(3)7-11-5-4-6-17-11/h4-6,10,15H,7-9H2,1-3H3. The summed E-state index contributed by atoms with van der Waals surface area (Å²) in [6.45, 7) is 2.68. The summed E-state index contributed by atoms with van der Waals surface area (Å²) in [5.41, 5.74) is 0. The Morgan fingerprint density at radius 2 is 2.24 bits per heavy atom. The molecule has 5 heteroatoms. The van der Waals surface area contributed by atoms with Crippen LogP contribution in [0.15, 0.2) is 22.8 Å². The van der Waals surface area contributed by atoms with Gasteiger partial charge >= 0.3 is 0 Å². The van der Waals surface area contributed by atoms with Gasteiger partial charge in [-0.15, -0.1) is 0 Å². The second-order valence-electron chi connectivity index (χ2n) is 4.28. The summed E-state index contributed by atoms with van der Waals surface area (Å²) in [4.78, 5) is 15.3. The highest BCUT2D eigenvalue weighted by atomic mass is 16.3. The number of carbonyl (C=O) groups is 1. The van der Waals surface area contributed by atoms with Crippen molar-refractivity contribution in [3.63, 3.8) is 0 Å². The van der Waals surface area contributed by atoms with E-state index < -0.39 is 0 Å². The third kappa shape index (κ3) is 4.20. The monoisotopic (exact) mass is 240 g/mol. The molecule has 0 saturated carbocycles. The normalized spacial score (nSPS) is 12.8. The average molecular weight is 240 g/mol. The predicted octanol–water partition coefficient (Wildman–Crippen LogP) is 0.551. The van der Waals surface area contributed by atoms with Crippen LogP contribution in [0.1, 0.15) is 12.7 Å². The molecule has 1 unspecified atom stereocenters. The van der Waals surface area contributed by atoms with Gasteiger partial charge in [0.1, 0.15) is 5.76 Å². The van der Waals surface area contributed by atoms with Gasteiger partial charge in [0, 0.05) is 13.1 Å². The van der Waals surface area contributed by atoms with Gasteiger partial charge in [-0.3, -0.25) is 9.69 Å². The third-order valence-corrected chi connectivity index (χ3v) is 2.80. The molecule has 17 heavy (non-hydrogen) atoms. The Hall–Kier alpha value is -1.33. The third-order valence-electron chi connectivity index (χ3n) is 2.80. The molecule has 1 heterocycles. The van der Waals surface area contributed by atoms with Crippen molar-refractivity contribution >= 4 is 5.91 Å². The Labute approximate surface area is 102 Å². The van der Waals surface area contributed by atoms with E-state index >= 15 is 0 Å². The summed E-state index contributed by atoms with van der Waals surface area (Å²) in [6.07, 6.45) is 1.59. The molecule has 5 nitrogen and oxygen atoms in total. The number of hydrogen-bond donors (Lipinski definition) is 1. The molecule has 0 bridgehead atoms. The summed E-state index contributed by atoms with van der Waals surface area (Å²) in [6, 6.07) is 3.62. The van der Waals surface area contributed by atoms with E-state index in [1.807, 2.05) is 24.9 Å². The smallest absolute Gasteiger partial charge is 0.236 e. The maximum absolute atomic E-state index is 11.9. The minimum absolute atomic E-state index is 0.00389. The largest absolute Gasteiger partial charge is 0.467 e. The van der Waals surface area contributed by atoms with Crippen molar-refractivity contribution in [2.24, 2.45) is 0 Å². The van der Waals surface area contributed by atoms with Crippen molar-refractivity contribution < 1.29 is 14.3 Å². The van der Waals surface area contributed by atoms with E-state index in [0.29, 0.717) is 13.1 Å². The summed E-state index contributed by atoms with van der Waals surface area (Å²) in [5.74, 6) is 0.767. The molecule has 0 aliphatic rings. The number of rotatable bonds is 6. The van der Waals surface area contributed by atoms with Gasteiger partial charge in [0.15, 0.2) is 0 Å². The van der Waals surface area contributed by atoms with E-state index in [9.17, 15) is 4.79 Å². The topological polar surface area (TPSA) is 56.9 Å². The van der Waals surface area contributed by atoms with Crippen LogP contribution in [0.25, 0.3) is 0 Å². The SMILES string of the molecule is CC(CO)N(C)CC(=O)N(C)Cc1ccco1. The zero-order chi connectivity index (χ0) is 12.8. The first-order valence-electron chi connectivity index (χ1n) is 5.62. The number of likely N-dealkylation sites (N-methyl/N-ethyl adjacent to an activating group) is 2. The molecule has 0 aromatic carbocycles. The second-order valence-corrected chi connectivity index (χ2v) is 4.28. The lowest BCUT2D eigenvalue weighted by Crippen LogP contribution is -2.41. The van der Waals surface area contributed by atoms with Crippen LogP contribution in [0.3, 0.4) is 0 Å². The Kier molecular flexibility index (Phi) is 5.18. The molecule has 1 amide bonds. The van der Waals surface area contributed by atoms with Crippen LogP contribution in [-0.2, 0) is 11.3 Å². The number of amides is 1. The predicted molar refractivity (Wildman–Crippen MR) is 64.4 cm³/mol. The van der Waals surface area contributed by atoms with Gasteiger partial charge < -0.3 is 14.4 Å². The number of aliphatic hydroxyl groups excluding tert-OH is 1. The lowest BCUT2D eigenvalue weighted by molar-refractivity contribution is -0.132. The van der Waals surface area contributed by atoms with Crippen molar-refractivity contribution in [2.45, 2.75) is 19.5 Å². The van der Waals surface area contributed by atoms with Crippen LogP contribution in [0.5, 0.6) is 0 Å². The lowest BCUT2D eigenvalue weighted by atomic mass is 10.3. The van der Waals surface area contributed by atoms with E-state index in [0.717, 1.165) is 5.76 Å². The fourth-order valence-electron chi connectivity index (χ4n) is 1.35. The van der Waals surface area contributed by atoms with Crippen LogP contribution in [0.2, 0.25) is 0 Å². The highest BCUT2D eigenvalue weighted by molar-refractivity contribution is 5.77. The van der Waals surface area contributed by atoms with E-state index in [1.54, 1.807) is 24.3 Å². The van der Waals surface area contributed by atoms with Crippen molar-refractivity contribution in [2.75, 3.05) is 27.2 Å². The van der Waals surface area contributed by atoms with Gasteiger partial charge in [-0.2, -0.15) is 0 Å². The number of aliphatic hydroxyl groups is 1. The van der Waals surface area contributed by atoms with Crippen molar-refractivity contribution in [3.8, 4) is 0 Å². The fraction of sp³-hybridized carbons (Fsp3) is 0.583. The van der Waals surface area contributed by atoms with Crippen molar-refractivity contribution in [1.82, 2.24) is 9.80 Å². The molecule has 96 valence electrons. The summed E-state index contributed by atoms with van der Waals surface area (Å²) in [5, 5.41) is 8.98. The molecule has 1 aromatic rings. The van der Waals surface area contributed by atoms with Crippen LogP contribution >= 0.6 is 0 Å². The van der Waals surface area contributed by atoms with E-state index in [1.165, 1.54) is 0 Å². The number of furan rings is 1. The molecule has 0 fully saturated rings. The first-order valence-corrected chi connectivity index (χ1v) is 5.62.